The van der Waals surface area contributed by atoms with E-state index < -0.39 is 21.7 Å². The highest BCUT2D eigenvalue weighted by molar-refractivity contribution is 7.89. The average Bonchev–Trinajstić information content (AvgIpc) is 2.34. The van der Waals surface area contributed by atoms with Gasteiger partial charge in [-0.05, 0) is 17.7 Å². The van der Waals surface area contributed by atoms with Gasteiger partial charge < -0.3 is 10.4 Å². The molecular formula is C13H17NO5S. The number of amides is 1. The van der Waals surface area contributed by atoms with E-state index in [0.717, 1.165) is 6.26 Å². The molecule has 1 aromatic carbocycles. The second-order valence-corrected chi connectivity index (χ2v) is 6.86. The summed E-state index contributed by atoms with van der Waals surface area (Å²) >= 11 is 0. The van der Waals surface area contributed by atoms with Crippen LogP contribution in [0.1, 0.15) is 22.8 Å². The lowest BCUT2D eigenvalue weighted by Gasteiger charge is -2.08. The molecule has 0 radical (unpaired) electrons. The van der Waals surface area contributed by atoms with E-state index in [1.165, 1.54) is 19.1 Å². The molecule has 2 N–H and O–H groups in total. The number of carboxylic acid groups (broad SMARTS) is 1. The minimum atomic E-state index is -3.11. The van der Waals surface area contributed by atoms with E-state index >= 15 is 0 Å². The second-order valence-electron chi connectivity index (χ2n) is 4.72. The number of carboxylic acids is 1. The molecule has 110 valence electrons. The highest BCUT2D eigenvalue weighted by Crippen LogP contribution is 2.08. The first-order chi connectivity index (χ1) is 9.19. The third kappa shape index (κ3) is 5.40. The van der Waals surface area contributed by atoms with Gasteiger partial charge in [-0.3, -0.25) is 9.59 Å². The van der Waals surface area contributed by atoms with Crippen LogP contribution >= 0.6 is 0 Å². The summed E-state index contributed by atoms with van der Waals surface area (Å²) in [5.41, 5.74) is 0.961. The van der Waals surface area contributed by atoms with E-state index in [4.69, 9.17) is 5.11 Å². The molecule has 20 heavy (non-hydrogen) atoms. The number of aliphatic carboxylic acids is 1. The summed E-state index contributed by atoms with van der Waals surface area (Å²) in [6, 6.07) is 6.16. The quantitative estimate of drug-likeness (QED) is 0.804. The molecule has 1 aromatic rings. The van der Waals surface area contributed by atoms with E-state index in [-0.39, 0.29) is 18.2 Å². The zero-order valence-corrected chi connectivity index (χ0v) is 12.1. The Balaban J connectivity index is 2.64. The van der Waals surface area contributed by atoms with E-state index in [9.17, 15) is 18.0 Å². The third-order valence-electron chi connectivity index (χ3n) is 2.64. The van der Waals surface area contributed by atoms with Gasteiger partial charge in [0.05, 0.1) is 11.7 Å². The molecule has 0 saturated carbocycles. The van der Waals surface area contributed by atoms with Gasteiger partial charge in [0.25, 0.3) is 5.91 Å². The Bertz CT molecular complexity index is 592. The van der Waals surface area contributed by atoms with Crippen LogP contribution in [0.25, 0.3) is 0 Å². The van der Waals surface area contributed by atoms with E-state index in [1.54, 1.807) is 12.1 Å². The summed E-state index contributed by atoms with van der Waals surface area (Å²) in [7, 11) is -3.11. The molecule has 0 heterocycles. The molecule has 0 aliphatic heterocycles. The summed E-state index contributed by atoms with van der Waals surface area (Å²) in [6.07, 6.45) is 1.14. The maximum Gasteiger partial charge on any atom is 0.308 e. The standard InChI is InChI=1S/C13H17NO5S/c1-9(13(16)17)7-14-12(15)11-5-3-10(4-6-11)8-20(2,18)19/h3-6,9H,7-8H2,1-2H3,(H,14,15)(H,16,17). The number of carbonyl (C=O) groups is 2. The first-order valence-corrected chi connectivity index (χ1v) is 8.03. The molecule has 0 fully saturated rings. The Labute approximate surface area is 117 Å². The van der Waals surface area contributed by atoms with Crippen LogP contribution < -0.4 is 5.32 Å². The van der Waals surface area contributed by atoms with Crippen molar-refractivity contribution in [3.63, 3.8) is 0 Å². The van der Waals surface area contributed by atoms with Crippen LogP contribution in [0, 0.1) is 5.92 Å². The SMILES string of the molecule is CC(CNC(=O)c1ccc(CS(C)(=O)=O)cc1)C(=O)O. The van der Waals surface area contributed by atoms with Gasteiger partial charge in [0.2, 0.25) is 0 Å². The molecular weight excluding hydrogens is 282 g/mol. The van der Waals surface area contributed by atoms with Crippen LogP contribution in [0.15, 0.2) is 24.3 Å². The Morgan fingerprint density at radius 2 is 1.80 bits per heavy atom. The van der Waals surface area contributed by atoms with Crippen LogP contribution in [0.5, 0.6) is 0 Å². The minimum Gasteiger partial charge on any atom is -0.481 e. The van der Waals surface area contributed by atoms with Crippen molar-refractivity contribution in [2.24, 2.45) is 5.92 Å². The minimum absolute atomic E-state index is 0.0409. The number of rotatable bonds is 6. The van der Waals surface area contributed by atoms with E-state index in [2.05, 4.69) is 5.32 Å². The van der Waals surface area contributed by atoms with Gasteiger partial charge in [-0.15, -0.1) is 0 Å². The largest absolute Gasteiger partial charge is 0.481 e. The van der Waals surface area contributed by atoms with E-state index in [0.29, 0.717) is 11.1 Å². The number of hydrogen-bond donors (Lipinski definition) is 2. The van der Waals surface area contributed by atoms with Crippen molar-refractivity contribution in [1.82, 2.24) is 5.32 Å². The highest BCUT2D eigenvalue weighted by atomic mass is 32.2. The normalized spacial score (nSPS) is 12.7. The lowest BCUT2D eigenvalue weighted by atomic mass is 10.1. The van der Waals surface area contributed by atoms with Crippen molar-refractivity contribution in [2.45, 2.75) is 12.7 Å². The monoisotopic (exact) mass is 299 g/mol. The van der Waals surface area contributed by atoms with Gasteiger partial charge in [0, 0.05) is 18.4 Å². The van der Waals surface area contributed by atoms with Gasteiger partial charge >= 0.3 is 5.97 Å². The maximum atomic E-state index is 11.7. The summed E-state index contributed by atoms with van der Waals surface area (Å²) in [5.74, 6) is -2.11. The molecule has 0 aliphatic rings. The van der Waals surface area contributed by atoms with Gasteiger partial charge in [-0.25, -0.2) is 8.42 Å². The van der Waals surface area contributed by atoms with E-state index in [1.807, 2.05) is 0 Å². The number of benzene rings is 1. The van der Waals surface area contributed by atoms with Crippen LogP contribution in [0.4, 0.5) is 0 Å². The predicted molar refractivity (Wildman–Crippen MR) is 74.1 cm³/mol. The summed E-state index contributed by atoms with van der Waals surface area (Å²) in [6.45, 7) is 1.54. The molecule has 7 heteroatoms. The number of hydrogen-bond acceptors (Lipinski definition) is 4. The molecule has 0 aromatic heterocycles. The predicted octanol–water partition coefficient (Wildman–Crippen LogP) is 0.682. The number of carbonyl (C=O) groups excluding carboxylic acids is 1. The Morgan fingerprint density at radius 1 is 1.25 bits per heavy atom. The van der Waals surface area contributed by atoms with Gasteiger partial charge in [0.1, 0.15) is 0 Å². The van der Waals surface area contributed by atoms with Crippen LogP contribution in [-0.4, -0.2) is 38.2 Å². The summed E-state index contributed by atoms with van der Waals surface area (Å²) in [4.78, 5) is 22.4. The van der Waals surface area contributed by atoms with Crippen LogP contribution in [0.3, 0.4) is 0 Å². The lowest BCUT2D eigenvalue weighted by molar-refractivity contribution is -0.140. The smallest absolute Gasteiger partial charge is 0.308 e. The fourth-order valence-electron chi connectivity index (χ4n) is 1.49. The van der Waals surface area contributed by atoms with Crippen molar-refractivity contribution in [3.8, 4) is 0 Å². The first-order valence-electron chi connectivity index (χ1n) is 5.96. The third-order valence-corrected chi connectivity index (χ3v) is 3.49. The second kappa shape index (κ2) is 6.51. The molecule has 1 atom stereocenters. The Hall–Kier alpha value is -1.89. The molecule has 0 saturated heterocycles. The summed E-state index contributed by atoms with van der Waals surface area (Å²) in [5, 5.41) is 11.2. The Kier molecular flexibility index (Phi) is 5.26. The lowest BCUT2D eigenvalue weighted by Crippen LogP contribution is -2.31. The van der Waals surface area contributed by atoms with Gasteiger partial charge in [0.15, 0.2) is 9.84 Å². The van der Waals surface area contributed by atoms with Gasteiger partial charge in [-0.2, -0.15) is 0 Å². The molecule has 0 bridgehead atoms. The Morgan fingerprint density at radius 3 is 2.25 bits per heavy atom. The highest BCUT2D eigenvalue weighted by Gasteiger charge is 2.13. The number of sulfone groups is 1. The van der Waals surface area contributed by atoms with Crippen molar-refractivity contribution in [3.05, 3.63) is 35.4 Å². The maximum absolute atomic E-state index is 11.7. The number of nitrogens with one attached hydrogen (secondary N) is 1. The fourth-order valence-corrected chi connectivity index (χ4v) is 2.29. The molecule has 6 nitrogen and oxygen atoms in total. The fraction of sp³-hybridized carbons (Fsp3) is 0.385. The van der Waals surface area contributed by atoms with Crippen molar-refractivity contribution >= 4 is 21.7 Å². The molecule has 0 spiro atoms. The molecule has 0 aliphatic carbocycles. The van der Waals surface area contributed by atoms with Crippen LogP contribution in [-0.2, 0) is 20.4 Å². The first kappa shape index (κ1) is 16.2. The topological polar surface area (TPSA) is 101 Å². The average molecular weight is 299 g/mol. The molecule has 1 amide bonds. The molecule has 1 rings (SSSR count). The zero-order chi connectivity index (χ0) is 15.3. The summed E-state index contributed by atoms with van der Waals surface area (Å²) < 4.78 is 22.3. The molecule has 1 unspecified atom stereocenters. The van der Waals surface area contributed by atoms with Crippen molar-refractivity contribution in [2.75, 3.05) is 12.8 Å². The zero-order valence-electron chi connectivity index (χ0n) is 11.3. The van der Waals surface area contributed by atoms with Crippen LogP contribution in [0.2, 0.25) is 0 Å². The van der Waals surface area contributed by atoms with Crippen molar-refractivity contribution in [1.29, 1.82) is 0 Å². The van der Waals surface area contributed by atoms with Gasteiger partial charge in [-0.1, -0.05) is 19.1 Å². The van der Waals surface area contributed by atoms with Crippen molar-refractivity contribution < 1.29 is 23.1 Å².